The summed E-state index contributed by atoms with van der Waals surface area (Å²) in [5, 5.41) is 15.3. The molecular formula is C20H23N5OS. The summed E-state index contributed by atoms with van der Waals surface area (Å²) in [5.41, 5.74) is 4.42. The van der Waals surface area contributed by atoms with Gasteiger partial charge in [-0.3, -0.25) is 4.79 Å². The predicted molar refractivity (Wildman–Crippen MR) is 107 cm³/mol. The van der Waals surface area contributed by atoms with Crippen molar-refractivity contribution in [1.29, 1.82) is 0 Å². The molecule has 0 aliphatic heterocycles. The average Bonchev–Trinajstić information content (AvgIpc) is 3.12. The van der Waals surface area contributed by atoms with Crippen LogP contribution in [0.25, 0.3) is 5.69 Å². The van der Waals surface area contributed by atoms with Crippen LogP contribution in [0.4, 0.5) is 0 Å². The summed E-state index contributed by atoms with van der Waals surface area (Å²) in [6.45, 7) is 6.57. The van der Waals surface area contributed by atoms with Gasteiger partial charge in [0.25, 0.3) is 0 Å². The minimum Gasteiger partial charge on any atom is -0.355 e. The van der Waals surface area contributed by atoms with Crippen molar-refractivity contribution in [3.05, 3.63) is 65.2 Å². The van der Waals surface area contributed by atoms with Crippen LogP contribution >= 0.6 is 11.8 Å². The van der Waals surface area contributed by atoms with Gasteiger partial charge in [-0.05, 0) is 60.4 Å². The zero-order valence-electron chi connectivity index (χ0n) is 15.7. The maximum absolute atomic E-state index is 12.4. The number of carbonyl (C=O) groups excluding carboxylic acids is 1. The number of tetrazole rings is 1. The fraction of sp³-hybridized carbons (Fsp3) is 0.300. The van der Waals surface area contributed by atoms with Gasteiger partial charge >= 0.3 is 0 Å². The molecule has 0 spiro atoms. The zero-order chi connectivity index (χ0) is 19.2. The molecule has 0 fully saturated rings. The van der Waals surface area contributed by atoms with Crippen LogP contribution in [0.15, 0.2) is 53.7 Å². The molecule has 1 aromatic heterocycles. The second-order valence-corrected chi connectivity index (χ2v) is 7.69. The molecule has 6 nitrogen and oxygen atoms in total. The summed E-state index contributed by atoms with van der Waals surface area (Å²) in [5.74, 6) is -0.0218. The fourth-order valence-corrected chi connectivity index (χ4v) is 3.52. The van der Waals surface area contributed by atoms with Gasteiger partial charge in [0.05, 0.1) is 10.9 Å². The smallest absolute Gasteiger partial charge is 0.233 e. The van der Waals surface area contributed by atoms with Gasteiger partial charge in [0.2, 0.25) is 11.1 Å². The number of rotatable bonds is 7. The van der Waals surface area contributed by atoms with Gasteiger partial charge < -0.3 is 5.32 Å². The first-order valence-electron chi connectivity index (χ1n) is 8.89. The summed E-state index contributed by atoms with van der Waals surface area (Å²) in [7, 11) is 0. The number of aromatic nitrogens is 4. The summed E-state index contributed by atoms with van der Waals surface area (Å²) >= 11 is 1.36. The maximum Gasteiger partial charge on any atom is 0.233 e. The lowest BCUT2D eigenvalue weighted by atomic mass is 10.1. The van der Waals surface area contributed by atoms with Crippen LogP contribution in [0.3, 0.4) is 0 Å². The monoisotopic (exact) mass is 381 g/mol. The van der Waals surface area contributed by atoms with Crippen molar-refractivity contribution in [3.63, 3.8) is 0 Å². The van der Waals surface area contributed by atoms with Crippen LogP contribution in [-0.4, -0.2) is 37.9 Å². The molecule has 27 heavy (non-hydrogen) atoms. The third-order valence-electron chi connectivity index (χ3n) is 4.45. The van der Waals surface area contributed by atoms with Gasteiger partial charge in [-0.1, -0.05) is 54.2 Å². The number of hydrogen-bond donors (Lipinski definition) is 1. The number of aryl methyl sites for hydroxylation is 1. The highest BCUT2D eigenvalue weighted by atomic mass is 32.2. The van der Waals surface area contributed by atoms with E-state index in [4.69, 9.17) is 0 Å². The lowest BCUT2D eigenvalue weighted by Crippen LogP contribution is -2.32. The Morgan fingerprint density at radius 3 is 2.70 bits per heavy atom. The number of nitrogens with one attached hydrogen (secondary N) is 1. The largest absolute Gasteiger partial charge is 0.355 e. The molecule has 1 atom stereocenters. The summed E-state index contributed by atoms with van der Waals surface area (Å²) < 4.78 is 1.70. The molecule has 1 unspecified atom stereocenters. The van der Waals surface area contributed by atoms with Gasteiger partial charge in [0.15, 0.2) is 0 Å². The molecule has 0 radical (unpaired) electrons. The van der Waals surface area contributed by atoms with E-state index in [9.17, 15) is 4.79 Å². The first kappa shape index (κ1) is 19.1. The Kier molecular flexibility index (Phi) is 6.24. The summed E-state index contributed by atoms with van der Waals surface area (Å²) in [6.07, 6.45) is 0.810. The van der Waals surface area contributed by atoms with Crippen LogP contribution in [0.2, 0.25) is 0 Å². The van der Waals surface area contributed by atoms with Crippen molar-refractivity contribution >= 4 is 17.7 Å². The Balaban J connectivity index is 1.61. The minimum absolute atomic E-state index is 0.0218. The van der Waals surface area contributed by atoms with E-state index < -0.39 is 0 Å². The number of carbonyl (C=O) groups is 1. The quantitative estimate of drug-likeness (QED) is 0.637. The molecule has 0 aliphatic rings. The molecule has 0 saturated heterocycles. The van der Waals surface area contributed by atoms with E-state index in [1.807, 2.05) is 44.2 Å². The van der Waals surface area contributed by atoms with Crippen LogP contribution in [0.1, 0.15) is 23.6 Å². The molecule has 1 amide bonds. The SMILES string of the molecule is Cc1cccc(-n2nnnc2SC(C)C(=O)NCCc2ccccc2)c1C. The Labute approximate surface area is 163 Å². The normalized spacial score (nSPS) is 12.0. The van der Waals surface area contributed by atoms with Gasteiger partial charge in [0, 0.05) is 6.54 Å². The fourth-order valence-electron chi connectivity index (χ4n) is 2.70. The van der Waals surface area contributed by atoms with Crippen molar-refractivity contribution < 1.29 is 4.79 Å². The van der Waals surface area contributed by atoms with Crippen molar-refractivity contribution in [2.45, 2.75) is 37.6 Å². The number of benzene rings is 2. The zero-order valence-corrected chi connectivity index (χ0v) is 16.5. The molecule has 3 aromatic rings. The first-order valence-corrected chi connectivity index (χ1v) is 9.77. The first-order chi connectivity index (χ1) is 13.1. The molecule has 2 aromatic carbocycles. The van der Waals surface area contributed by atoms with Crippen LogP contribution in [0, 0.1) is 13.8 Å². The highest BCUT2D eigenvalue weighted by Crippen LogP contribution is 2.25. The standard InChI is InChI=1S/C20H23N5OS/c1-14-8-7-11-18(15(14)2)25-20(22-23-24-25)27-16(3)19(26)21-13-12-17-9-5-4-6-10-17/h4-11,16H,12-13H2,1-3H3,(H,21,26). The molecule has 3 rings (SSSR count). The second-order valence-electron chi connectivity index (χ2n) is 6.38. The highest BCUT2D eigenvalue weighted by Gasteiger charge is 2.19. The second kappa shape index (κ2) is 8.81. The third-order valence-corrected chi connectivity index (χ3v) is 5.49. The van der Waals surface area contributed by atoms with E-state index >= 15 is 0 Å². The van der Waals surface area contributed by atoms with Crippen LogP contribution in [0.5, 0.6) is 0 Å². The number of nitrogens with zero attached hydrogens (tertiary/aromatic N) is 4. The van der Waals surface area contributed by atoms with Crippen LogP contribution < -0.4 is 5.32 Å². The number of amides is 1. The van der Waals surface area contributed by atoms with Gasteiger partial charge in [-0.2, -0.15) is 4.68 Å². The topological polar surface area (TPSA) is 72.7 Å². The summed E-state index contributed by atoms with van der Waals surface area (Å²) in [6, 6.07) is 16.1. The third kappa shape index (κ3) is 4.74. The minimum atomic E-state index is -0.296. The molecular weight excluding hydrogens is 358 g/mol. The van der Waals surface area contributed by atoms with E-state index in [2.05, 4.69) is 46.0 Å². The Morgan fingerprint density at radius 1 is 1.15 bits per heavy atom. The van der Waals surface area contributed by atoms with Crippen molar-refractivity contribution in [2.75, 3.05) is 6.54 Å². The molecule has 140 valence electrons. The lowest BCUT2D eigenvalue weighted by molar-refractivity contribution is -0.120. The van der Waals surface area contributed by atoms with E-state index in [-0.39, 0.29) is 11.2 Å². The van der Waals surface area contributed by atoms with Crippen molar-refractivity contribution in [3.8, 4) is 5.69 Å². The molecule has 0 bridgehead atoms. The van der Waals surface area contributed by atoms with E-state index in [1.165, 1.54) is 22.9 Å². The Hall–Kier alpha value is -2.67. The van der Waals surface area contributed by atoms with Crippen molar-refractivity contribution in [1.82, 2.24) is 25.5 Å². The van der Waals surface area contributed by atoms with E-state index in [1.54, 1.807) is 4.68 Å². The number of hydrogen-bond acceptors (Lipinski definition) is 5. The molecule has 7 heteroatoms. The average molecular weight is 382 g/mol. The highest BCUT2D eigenvalue weighted by molar-refractivity contribution is 8.00. The molecule has 0 saturated carbocycles. The lowest BCUT2D eigenvalue weighted by Gasteiger charge is -2.13. The predicted octanol–water partition coefficient (Wildman–Crippen LogP) is 3.12. The van der Waals surface area contributed by atoms with Gasteiger partial charge in [0.1, 0.15) is 0 Å². The van der Waals surface area contributed by atoms with Crippen molar-refractivity contribution in [2.24, 2.45) is 0 Å². The van der Waals surface area contributed by atoms with Gasteiger partial charge in [-0.15, -0.1) is 5.10 Å². The van der Waals surface area contributed by atoms with E-state index in [0.717, 1.165) is 17.7 Å². The van der Waals surface area contributed by atoms with Gasteiger partial charge in [-0.25, -0.2) is 0 Å². The molecule has 0 aliphatic carbocycles. The molecule has 1 heterocycles. The maximum atomic E-state index is 12.4. The Bertz CT molecular complexity index is 910. The number of thioether (sulfide) groups is 1. The summed E-state index contributed by atoms with van der Waals surface area (Å²) in [4.78, 5) is 12.4. The van der Waals surface area contributed by atoms with Crippen LogP contribution in [-0.2, 0) is 11.2 Å². The Morgan fingerprint density at radius 2 is 1.93 bits per heavy atom. The molecule has 1 N–H and O–H groups in total. The van der Waals surface area contributed by atoms with E-state index in [0.29, 0.717) is 11.7 Å².